The van der Waals surface area contributed by atoms with Crippen LogP contribution in [0.15, 0.2) is 29.2 Å². The van der Waals surface area contributed by atoms with Crippen molar-refractivity contribution in [3.8, 4) is 0 Å². The summed E-state index contributed by atoms with van der Waals surface area (Å²) >= 11 is 0. The summed E-state index contributed by atoms with van der Waals surface area (Å²) in [6, 6.07) is 5.66. The molecule has 1 amide bonds. The third-order valence-corrected chi connectivity index (χ3v) is 6.93. The Morgan fingerprint density at radius 1 is 1.20 bits per heavy atom. The third kappa shape index (κ3) is 5.22. The molecule has 2 rings (SSSR count). The highest BCUT2D eigenvalue weighted by atomic mass is 32.2. The molecule has 0 saturated carbocycles. The predicted octanol–water partition coefficient (Wildman–Crippen LogP) is -1.01. The van der Waals surface area contributed by atoms with Gasteiger partial charge in [-0.25, -0.2) is 21.6 Å². The summed E-state index contributed by atoms with van der Waals surface area (Å²) in [4.78, 5) is 12.1. The fraction of sp³-hybridized carbons (Fsp3) is 0.500. The van der Waals surface area contributed by atoms with Crippen molar-refractivity contribution < 1.29 is 26.4 Å². The highest BCUT2D eigenvalue weighted by molar-refractivity contribution is 7.89. The normalized spacial score (nSPS) is 16.5. The number of amides is 1. The van der Waals surface area contributed by atoms with Crippen molar-refractivity contribution in [3.63, 3.8) is 0 Å². The van der Waals surface area contributed by atoms with Crippen molar-refractivity contribution >= 4 is 26.0 Å². The molecule has 0 aliphatic carbocycles. The predicted molar refractivity (Wildman–Crippen MR) is 91.2 cm³/mol. The van der Waals surface area contributed by atoms with E-state index >= 15 is 0 Å². The summed E-state index contributed by atoms with van der Waals surface area (Å²) in [7, 11) is -5.83. The number of morpholine rings is 1. The molecule has 0 atom stereocenters. The molecule has 25 heavy (non-hydrogen) atoms. The number of hydrogen-bond donors (Lipinski definition) is 2. The number of sulfonamides is 2. The molecule has 140 valence electrons. The Balaban J connectivity index is 2.08. The molecule has 1 saturated heterocycles. The van der Waals surface area contributed by atoms with Crippen LogP contribution >= 0.6 is 0 Å². The number of carbonyl (C=O) groups is 1. The molecule has 0 spiro atoms. The third-order valence-electron chi connectivity index (χ3n) is 3.67. The second-order valence-corrected chi connectivity index (χ2v) is 9.31. The van der Waals surface area contributed by atoms with Gasteiger partial charge < -0.3 is 10.1 Å². The molecule has 0 bridgehead atoms. The molecule has 1 heterocycles. The fourth-order valence-electron chi connectivity index (χ4n) is 2.24. The monoisotopic (exact) mass is 391 g/mol. The largest absolute Gasteiger partial charge is 0.379 e. The Kier molecular flexibility index (Phi) is 6.52. The van der Waals surface area contributed by atoms with Crippen LogP contribution in [-0.4, -0.2) is 72.7 Å². The first-order valence-corrected chi connectivity index (χ1v) is 10.7. The lowest BCUT2D eigenvalue weighted by molar-refractivity contribution is 0.0730. The van der Waals surface area contributed by atoms with Crippen LogP contribution in [0.2, 0.25) is 0 Å². The topological polar surface area (TPSA) is 122 Å². The Labute approximate surface area is 147 Å². The Morgan fingerprint density at radius 3 is 2.52 bits per heavy atom. The van der Waals surface area contributed by atoms with Crippen molar-refractivity contribution in [1.29, 1.82) is 0 Å². The summed E-state index contributed by atoms with van der Waals surface area (Å²) in [5, 5.41) is 2.46. The van der Waals surface area contributed by atoms with Gasteiger partial charge in [0.25, 0.3) is 5.91 Å². The summed E-state index contributed by atoms with van der Waals surface area (Å²) in [5.74, 6) is -0.800. The second kappa shape index (κ2) is 8.23. The highest BCUT2D eigenvalue weighted by Gasteiger charge is 2.26. The van der Waals surface area contributed by atoms with E-state index in [4.69, 9.17) is 4.74 Å². The number of carbonyl (C=O) groups excluding carboxylic acids is 1. The van der Waals surface area contributed by atoms with E-state index in [1.807, 2.05) is 0 Å². The first-order valence-electron chi connectivity index (χ1n) is 7.64. The van der Waals surface area contributed by atoms with Crippen LogP contribution in [0.3, 0.4) is 0 Å². The van der Waals surface area contributed by atoms with Gasteiger partial charge in [0, 0.05) is 25.2 Å². The van der Waals surface area contributed by atoms with Crippen molar-refractivity contribution in [3.05, 3.63) is 29.8 Å². The molecule has 1 aliphatic rings. The van der Waals surface area contributed by atoms with Crippen LogP contribution in [0, 0.1) is 0 Å². The minimum absolute atomic E-state index is 0.0184. The van der Waals surface area contributed by atoms with E-state index in [1.54, 1.807) is 0 Å². The van der Waals surface area contributed by atoms with E-state index in [1.165, 1.54) is 35.6 Å². The standard InChI is InChI=1S/C14H21N3O6S2/c1-15-24(19,20)10-5-16-14(18)12-3-2-4-13(11-12)25(21,22)17-6-8-23-9-7-17/h2-4,11,15H,5-10H2,1H3,(H,16,18). The lowest BCUT2D eigenvalue weighted by Gasteiger charge is -2.26. The van der Waals surface area contributed by atoms with Crippen LogP contribution in [0.4, 0.5) is 0 Å². The number of hydrogen-bond acceptors (Lipinski definition) is 6. The number of rotatable bonds is 7. The van der Waals surface area contributed by atoms with Crippen LogP contribution in [0.5, 0.6) is 0 Å². The minimum Gasteiger partial charge on any atom is -0.379 e. The zero-order valence-corrected chi connectivity index (χ0v) is 15.4. The van der Waals surface area contributed by atoms with E-state index in [0.717, 1.165) is 0 Å². The van der Waals surface area contributed by atoms with Crippen LogP contribution < -0.4 is 10.0 Å². The van der Waals surface area contributed by atoms with E-state index in [9.17, 15) is 21.6 Å². The summed E-state index contributed by atoms with van der Waals surface area (Å²) in [6.45, 7) is 1.11. The average molecular weight is 391 g/mol. The van der Waals surface area contributed by atoms with Gasteiger partial charge in [-0.05, 0) is 25.2 Å². The molecular weight excluding hydrogens is 370 g/mol. The van der Waals surface area contributed by atoms with E-state index in [-0.39, 0.29) is 35.8 Å². The Morgan fingerprint density at radius 2 is 1.88 bits per heavy atom. The average Bonchev–Trinajstić information content (AvgIpc) is 2.62. The van der Waals surface area contributed by atoms with Crippen LogP contribution in [0.25, 0.3) is 0 Å². The molecule has 0 unspecified atom stereocenters. The quantitative estimate of drug-likeness (QED) is 0.614. The maximum Gasteiger partial charge on any atom is 0.251 e. The van der Waals surface area contributed by atoms with E-state index in [0.29, 0.717) is 13.2 Å². The number of ether oxygens (including phenoxy) is 1. The van der Waals surface area contributed by atoms with Gasteiger partial charge in [0.15, 0.2) is 0 Å². The van der Waals surface area contributed by atoms with Crippen molar-refractivity contribution in [2.75, 3.05) is 45.6 Å². The molecule has 2 N–H and O–H groups in total. The van der Waals surface area contributed by atoms with Gasteiger partial charge in [-0.15, -0.1) is 0 Å². The van der Waals surface area contributed by atoms with Gasteiger partial charge in [0.2, 0.25) is 20.0 Å². The SMILES string of the molecule is CNS(=O)(=O)CCNC(=O)c1cccc(S(=O)(=O)N2CCOCC2)c1. The fourth-order valence-corrected chi connectivity index (χ4v) is 4.27. The number of benzene rings is 1. The minimum atomic E-state index is -3.70. The zero-order valence-electron chi connectivity index (χ0n) is 13.8. The second-order valence-electron chi connectivity index (χ2n) is 5.32. The molecule has 1 aliphatic heterocycles. The number of nitrogens with one attached hydrogen (secondary N) is 2. The van der Waals surface area contributed by atoms with Gasteiger partial charge in [-0.3, -0.25) is 4.79 Å². The molecule has 1 aromatic rings. The molecule has 11 heteroatoms. The van der Waals surface area contributed by atoms with Gasteiger partial charge in [0.05, 0.1) is 23.9 Å². The maximum absolute atomic E-state index is 12.6. The number of nitrogens with zero attached hydrogens (tertiary/aromatic N) is 1. The molecule has 1 aromatic carbocycles. The Hall–Kier alpha value is -1.53. The molecule has 0 aromatic heterocycles. The van der Waals surface area contributed by atoms with E-state index < -0.39 is 26.0 Å². The van der Waals surface area contributed by atoms with Crippen molar-refractivity contribution in [1.82, 2.24) is 14.3 Å². The molecular formula is C14H21N3O6S2. The molecule has 1 fully saturated rings. The smallest absolute Gasteiger partial charge is 0.251 e. The van der Waals surface area contributed by atoms with Crippen molar-refractivity contribution in [2.45, 2.75) is 4.90 Å². The highest BCUT2D eigenvalue weighted by Crippen LogP contribution is 2.18. The van der Waals surface area contributed by atoms with Crippen molar-refractivity contribution in [2.24, 2.45) is 0 Å². The molecule has 9 nitrogen and oxygen atoms in total. The maximum atomic E-state index is 12.6. The van der Waals surface area contributed by atoms with Crippen LogP contribution in [-0.2, 0) is 24.8 Å². The summed E-state index contributed by atoms with van der Waals surface area (Å²) < 4.78 is 56.4. The zero-order chi connectivity index (χ0) is 18.5. The first kappa shape index (κ1) is 19.8. The van der Waals surface area contributed by atoms with Crippen LogP contribution in [0.1, 0.15) is 10.4 Å². The van der Waals surface area contributed by atoms with Gasteiger partial charge in [0.1, 0.15) is 0 Å². The first-order chi connectivity index (χ1) is 11.8. The molecule has 0 radical (unpaired) electrons. The van der Waals surface area contributed by atoms with E-state index in [2.05, 4.69) is 10.0 Å². The lowest BCUT2D eigenvalue weighted by Crippen LogP contribution is -2.40. The van der Waals surface area contributed by atoms with Gasteiger partial charge in [-0.2, -0.15) is 4.31 Å². The summed E-state index contributed by atoms with van der Waals surface area (Å²) in [6.07, 6.45) is 0. The Bertz CT molecular complexity index is 817. The summed E-state index contributed by atoms with van der Waals surface area (Å²) in [5.41, 5.74) is 0.149. The van der Waals surface area contributed by atoms with Gasteiger partial charge in [-0.1, -0.05) is 6.07 Å². The lowest BCUT2D eigenvalue weighted by atomic mass is 10.2. The van der Waals surface area contributed by atoms with Gasteiger partial charge >= 0.3 is 0 Å².